The van der Waals surface area contributed by atoms with E-state index in [2.05, 4.69) is 46.8 Å². The quantitative estimate of drug-likeness (QED) is 0.765. The summed E-state index contributed by atoms with van der Waals surface area (Å²) in [6.07, 6.45) is 3.70. The Labute approximate surface area is 104 Å². The first kappa shape index (κ1) is 11.9. The molecule has 0 spiro atoms. The van der Waals surface area contributed by atoms with Crippen LogP contribution in [-0.4, -0.2) is 22.9 Å². The molecule has 1 fully saturated rings. The Morgan fingerprint density at radius 2 is 2.24 bits per heavy atom. The van der Waals surface area contributed by atoms with Gasteiger partial charge in [0.1, 0.15) is 0 Å². The van der Waals surface area contributed by atoms with Crippen molar-refractivity contribution in [1.29, 1.82) is 0 Å². The van der Waals surface area contributed by atoms with Crippen molar-refractivity contribution in [2.24, 2.45) is 0 Å². The summed E-state index contributed by atoms with van der Waals surface area (Å²) in [4.78, 5) is 0. The predicted octanol–water partition coefficient (Wildman–Crippen LogP) is 2.93. The third-order valence-corrected chi connectivity index (χ3v) is 2.86. The number of benzene rings is 1. The molecule has 0 atom stereocenters. The highest BCUT2D eigenvalue weighted by atomic mass is 15.3. The van der Waals surface area contributed by atoms with Crippen LogP contribution in [-0.2, 0) is 0 Å². The van der Waals surface area contributed by atoms with Crippen LogP contribution in [0.15, 0.2) is 37.1 Å². The lowest BCUT2D eigenvalue weighted by Gasteiger charge is -2.27. The fourth-order valence-corrected chi connectivity index (χ4v) is 1.89. The van der Waals surface area contributed by atoms with Crippen molar-refractivity contribution in [3.63, 3.8) is 0 Å². The second kappa shape index (κ2) is 5.15. The third-order valence-electron chi connectivity index (χ3n) is 2.86. The van der Waals surface area contributed by atoms with Gasteiger partial charge in [0.2, 0.25) is 0 Å². The van der Waals surface area contributed by atoms with E-state index in [-0.39, 0.29) is 1.43 Å². The molecule has 0 bridgehead atoms. The molecule has 0 aliphatic carbocycles. The van der Waals surface area contributed by atoms with Gasteiger partial charge in [0.25, 0.3) is 0 Å². The normalized spacial score (nSPS) is 14.9. The summed E-state index contributed by atoms with van der Waals surface area (Å²) in [5, 5.41) is 8.94. The average molecular weight is 231 g/mol. The highest BCUT2D eigenvalue weighted by Gasteiger charge is 2.20. The molecule has 1 N–H and O–H groups in total. The van der Waals surface area contributed by atoms with Gasteiger partial charge in [-0.25, -0.2) is 0 Å². The second-order valence-electron chi connectivity index (χ2n) is 4.37. The summed E-state index contributed by atoms with van der Waals surface area (Å²) in [6, 6.07) is 7.03. The van der Waals surface area contributed by atoms with Crippen LogP contribution in [0.25, 0.3) is 10.9 Å². The van der Waals surface area contributed by atoms with E-state index in [1.54, 1.807) is 6.08 Å². The van der Waals surface area contributed by atoms with Crippen LogP contribution in [0.4, 0.5) is 0 Å². The maximum absolute atomic E-state index is 4.44. The molecular weight excluding hydrogens is 210 g/mol. The van der Waals surface area contributed by atoms with Crippen molar-refractivity contribution in [2.75, 3.05) is 13.1 Å². The number of fused-ring (bicyclic) bond motifs is 1. The number of allylic oxidation sites excluding steroid dienone is 1. The van der Waals surface area contributed by atoms with Crippen LogP contribution in [0.2, 0.25) is 0 Å². The fraction of sp³-hybridized carbons (Fsp3) is 0.357. The SMILES string of the molecule is C=CC.Cc1ccc2cnn(C3CNC3)c2c1.[HH]. The van der Waals surface area contributed by atoms with E-state index in [1.807, 2.05) is 13.1 Å². The molecule has 0 radical (unpaired) electrons. The first-order valence-corrected chi connectivity index (χ1v) is 5.98. The zero-order valence-corrected chi connectivity index (χ0v) is 10.5. The van der Waals surface area contributed by atoms with Crippen LogP contribution in [0, 0.1) is 6.92 Å². The van der Waals surface area contributed by atoms with Gasteiger partial charge in [-0.05, 0) is 25.5 Å². The van der Waals surface area contributed by atoms with Crippen LogP contribution in [0.5, 0.6) is 0 Å². The lowest BCUT2D eigenvalue weighted by Crippen LogP contribution is -2.43. The minimum Gasteiger partial charge on any atom is -0.312 e. The number of hydrogen-bond acceptors (Lipinski definition) is 2. The molecule has 2 aromatic rings. The third kappa shape index (κ3) is 2.39. The lowest BCUT2D eigenvalue weighted by atomic mass is 10.1. The van der Waals surface area contributed by atoms with Gasteiger partial charge in [-0.2, -0.15) is 5.10 Å². The molecule has 3 heteroatoms. The van der Waals surface area contributed by atoms with Gasteiger partial charge in [-0.15, -0.1) is 6.58 Å². The molecule has 1 saturated heterocycles. The molecule has 92 valence electrons. The van der Waals surface area contributed by atoms with E-state index in [0.717, 1.165) is 13.1 Å². The summed E-state index contributed by atoms with van der Waals surface area (Å²) in [5.41, 5.74) is 2.56. The molecule has 2 heterocycles. The van der Waals surface area contributed by atoms with E-state index in [9.17, 15) is 0 Å². The molecule has 1 aromatic carbocycles. The zero-order chi connectivity index (χ0) is 12.3. The second-order valence-corrected chi connectivity index (χ2v) is 4.37. The minimum absolute atomic E-state index is 0. The molecule has 1 aromatic heterocycles. The summed E-state index contributed by atoms with van der Waals surface area (Å²) in [7, 11) is 0. The van der Waals surface area contributed by atoms with Gasteiger partial charge < -0.3 is 5.32 Å². The highest BCUT2D eigenvalue weighted by molar-refractivity contribution is 5.79. The molecule has 0 saturated carbocycles. The molecule has 17 heavy (non-hydrogen) atoms. The van der Waals surface area contributed by atoms with Crippen molar-refractivity contribution in [3.8, 4) is 0 Å². The average Bonchev–Trinajstić information content (AvgIpc) is 2.60. The van der Waals surface area contributed by atoms with Crippen molar-refractivity contribution >= 4 is 10.9 Å². The Hall–Kier alpha value is -1.61. The zero-order valence-electron chi connectivity index (χ0n) is 10.5. The van der Waals surface area contributed by atoms with Gasteiger partial charge in [0, 0.05) is 19.9 Å². The molecule has 3 rings (SSSR count). The van der Waals surface area contributed by atoms with Crippen molar-refractivity contribution in [3.05, 3.63) is 42.6 Å². The number of rotatable bonds is 1. The molecule has 3 nitrogen and oxygen atoms in total. The van der Waals surface area contributed by atoms with E-state index >= 15 is 0 Å². The maximum Gasteiger partial charge on any atom is 0.0774 e. The van der Waals surface area contributed by atoms with E-state index in [1.165, 1.54) is 16.5 Å². The van der Waals surface area contributed by atoms with Crippen molar-refractivity contribution in [1.82, 2.24) is 15.1 Å². The predicted molar refractivity (Wildman–Crippen MR) is 74.4 cm³/mol. The summed E-state index contributed by atoms with van der Waals surface area (Å²) in [5.74, 6) is 0. The largest absolute Gasteiger partial charge is 0.312 e. The van der Waals surface area contributed by atoms with Crippen molar-refractivity contribution in [2.45, 2.75) is 19.9 Å². The Morgan fingerprint density at radius 1 is 1.53 bits per heavy atom. The van der Waals surface area contributed by atoms with Crippen LogP contribution < -0.4 is 5.32 Å². The molecule has 0 unspecified atom stereocenters. The Morgan fingerprint density at radius 3 is 2.82 bits per heavy atom. The summed E-state index contributed by atoms with van der Waals surface area (Å²) >= 11 is 0. The number of aryl methyl sites for hydroxylation is 1. The minimum atomic E-state index is 0. The number of nitrogens with one attached hydrogen (secondary N) is 1. The van der Waals surface area contributed by atoms with E-state index in [0.29, 0.717) is 6.04 Å². The monoisotopic (exact) mass is 231 g/mol. The molecule has 0 amide bonds. The smallest absolute Gasteiger partial charge is 0.0774 e. The van der Waals surface area contributed by atoms with E-state index < -0.39 is 0 Å². The standard InChI is InChI=1S/C11H13N3.C3H6.H2/c1-8-2-3-9-5-13-14(11(9)4-8)10-6-12-7-10;1-3-2;/h2-5,10,12H,6-7H2,1H3;3H,1H2,2H3;1H. The Bertz CT molecular complexity index is 515. The number of hydrogen-bond donors (Lipinski definition) is 1. The Balaban J connectivity index is 0.000000372. The lowest BCUT2D eigenvalue weighted by molar-refractivity contribution is 0.326. The van der Waals surface area contributed by atoms with Crippen LogP contribution >= 0.6 is 0 Å². The first-order chi connectivity index (χ1) is 8.26. The van der Waals surface area contributed by atoms with Gasteiger partial charge in [-0.3, -0.25) is 4.68 Å². The number of aromatic nitrogens is 2. The van der Waals surface area contributed by atoms with Crippen molar-refractivity contribution < 1.29 is 1.43 Å². The van der Waals surface area contributed by atoms with Gasteiger partial charge in [-0.1, -0.05) is 18.2 Å². The van der Waals surface area contributed by atoms with Crippen LogP contribution in [0.3, 0.4) is 0 Å². The molecule has 1 aliphatic heterocycles. The van der Waals surface area contributed by atoms with Crippen LogP contribution in [0.1, 0.15) is 20.0 Å². The van der Waals surface area contributed by atoms with Gasteiger partial charge >= 0.3 is 0 Å². The molecule has 1 aliphatic rings. The first-order valence-electron chi connectivity index (χ1n) is 5.98. The summed E-state index contributed by atoms with van der Waals surface area (Å²) in [6.45, 7) is 9.46. The van der Waals surface area contributed by atoms with E-state index in [4.69, 9.17) is 0 Å². The fourth-order valence-electron chi connectivity index (χ4n) is 1.89. The maximum atomic E-state index is 4.44. The number of nitrogens with zero attached hydrogens (tertiary/aromatic N) is 2. The molecular formula is C14H21N3. The topological polar surface area (TPSA) is 29.9 Å². The summed E-state index contributed by atoms with van der Waals surface area (Å²) < 4.78 is 2.14. The highest BCUT2D eigenvalue weighted by Crippen LogP contribution is 2.20. The van der Waals surface area contributed by atoms with Gasteiger partial charge in [0.15, 0.2) is 0 Å². The van der Waals surface area contributed by atoms with Gasteiger partial charge in [0.05, 0.1) is 17.8 Å². The Kier molecular flexibility index (Phi) is 3.59.